The highest BCUT2D eigenvalue weighted by molar-refractivity contribution is 9.10. The van der Waals surface area contributed by atoms with E-state index in [-0.39, 0.29) is 11.4 Å². The maximum atomic E-state index is 12.1. The minimum absolute atomic E-state index is 0.00444. The van der Waals surface area contributed by atoms with Gasteiger partial charge in [0.05, 0.1) is 5.56 Å². The quantitative estimate of drug-likeness (QED) is 0.917. The summed E-state index contributed by atoms with van der Waals surface area (Å²) in [6.07, 6.45) is 7.10. The van der Waals surface area contributed by atoms with Crippen LogP contribution in [0.4, 0.5) is 0 Å². The number of hydrogen-bond donors (Lipinski definition) is 1. The highest BCUT2D eigenvalue weighted by atomic mass is 79.9. The van der Waals surface area contributed by atoms with Gasteiger partial charge < -0.3 is 5.32 Å². The molecule has 0 atom stereocenters. The first-order valence-electron chi connectivity index (χ1n) is 7.13. The predicted octanol–water partition coefficient (Wildman–Crippen LogP) is 2.84. The van der Waals surface area contributed by atoms with Gasteiger partial charge in [0.1, 0.15) is 0 Å². The fraction of sp³-hybridized carbons (Fsp3) is 0.600. The molecular weight excluding hydrogens is 318 g/mol. The number of nitrogens with zero attached hydrogens (tertiary/aromatic N) is 2. The number of carbonyl (C=O) groups is 1. The molecule has 1 saturated heterocycles. The number of likely N-dealkylation sites (tertiary alicyclic amines) is 1. The number of aromatic nitrogens is 1. The molecular formula is C15H22BrN3O. The average molecular weight is 340 g/mol. The molecule has 2 rings (SSSR count). The van der Waals surface area contributed by atoms with Crippen LogP contribution in [0.5, 0.6) is 0 Å². The van der Waals surface area contributed by atoms with Crippen molar-refractivity contribution in [2.24, 2.45) is 0 Å². The van der Waals surface area contributed by atoms with Crippen LogP contribution in [0.2, 0.25) is 0 Å². The Morgan fingerprint density at radius 3 is 2.70 bits per heavy atom. The van der Waals surface area contributed by atoms with Crippen molar-refractivity contribution >= 4 is 21.8 Å². The normalized spacial score (nSPS) is 16.9. The molecule has 0 unspecified atom stereocenters. The Kier molecular flexibility index (Phi) is 5.16. The highest BCUT2D eigenvalue weighted by Gasteiger charge is 2.28. The Balaban J connectivity index is 1.91. The average Bonchev–Trinajstić information content (AvgIpc) is 2.46. The van der Waals surface area contributed by atoms with Crippen LogP contribution in [0.15, 0.2) is 22.9 Å². The van der Waals surface area contributed by atoms with Crippen LogP contribution < -0.4 is 5.32 Å². The predicted molar refractivity (Wildman–Crippen MR) is 83.8 cm³/mol. The minimum atomic E-state index is -0.0658. The van der Waals surface area contributed by atoms with E-state index in [9.17, 15) is 4.79 Å². The molecule has 0 bridgehead atoms. The largest absolute Gasteiger partial charge is 0.350 e. The van der Waals surface area contributed by atoms with Gasteiger partial charge in [-0.05, 0) is 61.8 Å². The van der Waals surface area contributed by atoms with Crippen LogP contribution in [-0.2, 0) is 0 Å². The summed E-state index contributed by atoms with van der Waals surface area (Å²) in [4.78, 5) is 18.6. The molecule has 0 saturated carbocycles. The molecule has 2 heterocycles. The maximum Gasteiger partial charge on any atom is 0.252 e. The van der Waals surface area contributed by atoms with Gasteiger partial charge in [0.15, 0.2) is 0 Å². The van der Waals surface area contributed by atoms with Gasteiger partial charge >= 0.3 is 0 Å². The Hall–Kier alpha value is -0.940. The van der Waals surface area contributed by atoms with E-state index in [0.29, 0.717) is 12.1 Å². The molecule has 110 valence electrons. The summed E-state index contributed by atoms with van der Waals surface area (Å²) >= 11 is 3.33. The van der Waals surface area contributed by atoms with Crippen molar-refractivity contribution in [3.05, 3.63) is 28.5 Å². The van der Waals surface area contributed by atoms with E-state index in [0.717, 1.165) is 17.6 Å². The van der Waals surface area contributed by atoms with Crippen LogP contribution >= 0.6 is 15.9 Å². The minimum Gasteiger partial charge on any atom is -0.350 e. The first kappa shape index (κ1) is 15.4. The lowest BCUT2D eigenvalue weighted by Crippen LogP contribution is -2.53. The first-order valence-corrected chi connectivity index (χ1v) is 7.92. The summed E-state index contributed by atoms with van der Waals surface area (Å²) in [7, 11) is 0. The lowest BCUT2D eigenvalue weighted by Gasteiger charge is -2.41. The van der Waals surface area contributed by atoms with Crippen LogP contribution in [0.1, 0.15) is 43.5 Å². The molecule has 20 heavy (non-hydrogen) atoms. The molecule has 0 aliphatic carbocycles. The van der Waals surface area contributed by atoms with Crippen molar-refractivity contribution in [2.75, 3.05) is 19.6 Å². The molecule has 1 amide bonds. The smallest absolute Gasteiger partial charge is 0.252 e. The first-order chi connectivity index (χ1) is 9.49. The zero-order valence-corrected chi connectivity index (χ0v) is 13.7. The van der Waals surface area contributed by atoms with Crippen molar-refractivity contribution in [3.63, 3.8) is 0 Å². The van der Waals surface area contributed by atoms with Gasteiger partial charge in [0.2, 0.25) is 0 Å². The van der Waals surface area contributed by atoms with Crippen LogP contribution in [0.3, 0.4) is 0 Å². The Morgan fingerprint density at radius 1 is 1.35 bits per heavy atom. The van der Waals surface area contributed by atoms with E-state index in [1.807, 2.05) is 0 Å². The van der Waals surface area contributed by atoms with Crippen molar-refractivity contribution < 1.29 is 4.79 Å². The Labute approximate surface area is 129 Å². The second-order valence-corrected chi connectivity index (χ2v) is 6.85. The van der Waals surface area contributed by atoms with Crippen molar-refractivity contribution in [1.29, 1.82) is 0 Å². The summed E-state index contributed by atoms with van der Waals surface area (Å²) in [5, 5.41) is 3.02. The van der Waals surface area contributed by atoms with Gasteiger partial charge in [-0.25, -0.2) is 0 Å². The Bertz CT molecular complexity index is 470. The summed E-state index contributed by atoms with van der Waals surface area (Å²) in [5.74, 6) is -0.0658. The lowest BCUT2D eigenvalue weighted by molar-refractivity contribution is 0.0797. The van der Waals surface area contributed by atoms with Gasteiger partial charge in [0.25, 0.3) is 5.91 Å². The maximum absolute atomic E-state index is 12.1. The van der Waals surface area contributed by atoms with E-state index < -0.39 is 0 Å². The van der Waals surface area contributed by atoms with Gasteiger partial charge in [-0.3, -0.25) is 14.7 Å². The number of carbonyl (C=O) groups excluding carboxylic acids is 1. The molecule has 1 aromatic heterocycles. The van der Waals surface area contributed by atoms with Crippen molar-refractivity contribution in [1.82, 2.24) is 15.2 Å². The number of pyridine rings is 1. The third-order valence-corrected chi connectivity index (χ3v) is 4.29. The van der Waals surface area contributed by atoms with E-state index in [1.54, 1.807) is 18.5 Å². The summed E-state index contributed by atoms with van der Waals surface area (Å²) in [6, 6.07) is 1.79. The fourth-order valence-corrected chi connectivity index (χ4v) is 2.91. The zero-order valence-electron chi connectivity index (χ0n) is 12.2. The molecule has 1 aliphatic heterocycles. The van der Waals surface area contributed by atoms with Gasteiger partial charge in [-0.15, -0.1) is 0 Å². The van der Waals surface area contributed by atoms with Gasteiger partial charge in [0, 0.05) is 29.0 Å². The molecule has 1 fully saturated rings. The third-order valence-electron chi connectivity index (χ3n) is 3.86. The molecule has 1 N–H and O–H groups in total. The standard InChI is InChI=1S/C15H22BrN3O/c1-15(2,19-6-4-3-5-7-19)11-18-14(20)12-8-13(16)10-17-9-12/h8-10H,3-7,11H2,1-2H3,(H,18,20). The third kappa shape index (κ3) is 4.03. The number of piperidine rings is 1. The van der Waals surface area contributed by atoms with Gasteiger partial charge in [-0.1, -0.05) is 6.42 Å². The molecule has 0 aromatic carbocycles. The van der Waals surface area contributed by atoms with Crippen molar-refractivity contribution in [2.45, 2.75) is 38.6 Å². The highest BCUT2D eigenvalue weighted by Crippen LogP contribution is 2.20. The van der Waals surface area contributed by atoms with E-state index >= 15 is 0 Å². The SMILES string of the molecule is CC(C)(CNC(=O)c1cncc(Br)c1)N1CCCCC1. The van der Waals surface area contributed by atoms with Crippen LogP contribution in [-0.4, -0.2) is 41.0 Å². The van der Waals surface area contributed by atoms with Gasteiger partial charge in [-0.2, -0.15) is 0 Å². The summed E-state index contributed by atoms with van der Waals surface area (Å²) in [5.41, 5.74) is 0.587. The van der Waals surface area contributed by atoms with E-state index in [2.05, 4.69) is 45.0 Å². The van der Waals surface area contributed by atoms with E-state index in [4.69, 9.17) is 0 Å². The topological polar surface area (TPSA) is 45.2 Å². The monoisotopic (exact) mass is 339 g/mol. The lowest BCUT2D eigenvalue weighted by atomic mass is 9.98. The number of rotatable bonds is 4. The van der Waals surface area contributed by atoms with Crippen LogP contribution in [0.25, 0.3) is 0 Å². The second-order valence-electron chi connectivity index (χ2n) is 5.93. The molecule has 5 heteroatoms. The molecule has 4 nitrogen and oxygen atoms in total. The molecule has 0 spiro atoms. The number of hydrogen-bond acceptors (Lipinski definition) is 3. The van der Waals surface area contributed by atoms with E-state index in [1.165, 1.54) is 19.3 Å². The number of amides is 1. The second kappa shape index (κ2) is 6.68. The zero-order chi connectivity index (χ0) is 14.6. The molecule has 1 aliphatic rings. The van der Waals surface area contributed by atoms with Crippen LogP contribution in [0, 0.1) is 0 Å². The summed E-state index contributed by atoms with van der Waals surface area (Å²) in [6.45, 7) is 7.29. The Morgan fingerprint density at radius 2 is 2.05 bits per heavy atom. The molecule has 1 aromatic rings. The summed E-state index contributed by atoms with van der Waals surface area (Å²) < 4.78 is 0.820. The van der Waals surface area contributed by atoms with Crippen molar-refractivity contribution in [3.8, 4) is 0 Å². The number of nitrogens with one attached hydrogen (secondary N) is 1. The fourth-order valence-electron chi connectivity index (χ4n) is 2.55. The number of halogens is 1. The molecule has 0 radical (unpaired) electrons.